The van der Waals surface area contributed by atoms with Crippen LogP contribution in [0.3, 0.4) is 0 Å². The fourth-order valence-corrected chi connectivity index (χ4v) is 2.25. The highest BCUT2D eigenvalue weighted by Crippen LogP contribution is 2.17. The topological polar surface area (TPSA) is 121 Å². The summed E-state index contributed by atoms with van der Waals surface area (Å²) in [5.74, 6) is -0.862. The van der Waals surface area contributed by atoms with Gasteiger partial charge in [-0.05, 0) is 13.8 Å². The van der Waals surface area contributed by atoms with Crippen molar-refractivity contribution in [3.8, 4) is 0 Å². The Kier molecular flexibility index (Phi) is 3.56. The molecule has 0 aliphatic carbocycles. The average molecular weight is 281 g/mol. The molecule has 0 radical (unpaired) electrons. The SMILES string of the molecule is Cc1nc(C(=O)NCc2nc(C)c(C(=O)O)s2)n[nH]1. The van der Waals surface area contributed by atoms with Crippen LogP contribution >= 0.6 is 11.3 Å². The highest BCUT2D eigenvalue weighted by Gasteiger charge is 2.15. The number of aromatic carboxylic acids is 1. The van der Waals surface area contributed by atoms with Gasteiger partial charge in [-0.2, -0.15) is 0 Å². The number of nitrogens with one attached hydrogen (secondary N) is 2. The van der Waals surface area contributed by atoms with Gasteiger partial charge in [0.2, 0.25) is 5.82 Å². The zero-order valence-corrected chi connectivity index (χ0v) is 11.0. The Morgan fingerprint density at radius 1 is 1.37 bits per heavy atom. The summed E-state index contributed by atoms with van der Waals surface area (Å²) in [4.78, 5) is 30.7. The van der Waals surface area contributed by atoms with E-state index in [0.29, 0.717) is 16.5 Å². The molecule has 0 bridgehead atoms. The summed E-state index contributed by atoms with van der Waals surface area (Å²) in [7, 11) is 0. The summed E-state index contributed by atoms with van der Waals surface area (Å²) in [6, 6.07) is 0. The number of thiazole rings is 1. The molecule has 2 heterocycles. The largest absolute Gasteiger partial charge is 0.477 e. The van der Waals surface area contributed by atoms with Crippen LogP contribution in [-0.4, -0.2) is 37.1 Å². The van der Waals surface area contributed by atoms with Crippen molar-refractivity contribution in [3.63, 3.8) is 0 Å². The number of carboxylic acids is 1. The number of hydrogen-bond donors (Lipinski definition) is 3. The second-order valence-corrected chi connectivity index (χ2v) is 4.84. The number of carboxylic acid groups (broad SMARTS) is 1. The molecule has 0 atom stereocenters. The summed E-state index contributed by atoms with van der Waals surface area (Å²) < 4.78 is 0. The van der Waals surface area contributed by atoms with Crippen molar-refractivity contribution < 1.29 is 14.7 Å². The second-order valence-electron chi connectivity index (χ2n) is 3.75. The van der Waals surface area contributed by atoms with Gasteiger partial charge < -0.3 is 10.4 Å². The third-order valence-corrected chi connectivity index (χ3v) is 3.38. The van der Waals surface area contributed by atoms with E-state index >= 15 is 0 Å². The molecule has 1 amide bonds. The van der Waals surface area contributed by atoms with Gasteiger partial charge in [-0.3, -0.25) is 9.89 Å². The van der Waals surface area contributed by atoms with Gasteiger partial charge in [0, 0.05) is 0 Å². The number of aromatic amines is 1. The Hall–Kier alpha value is -2.29. The van der Waals surface area contributed by atoms with Crippen LogP contribution < -0.4 is 5.32 Å². The molecular formula is C10H11N5O3S. The average Bonchev–Trinajstić information content (AvgIpc) is 2.92. The molecular weight excluding hydrogens is 270 g/mol. The molecule has 3 N–H and O–H groups in total. The third-order valence-electron chi connectivity index (χ3n) is 2.24. The first-order chi connectivity index (χ1) is 8.97. The molecule has 19 heavy (non-hydrogen) atoms. The molecule has 0 spiro atoms. The molecule has 9 heteroatoms. The van der Waals surface area contributed by atoms with E-state index < -0.39 is 11.9 Å². The maximum absolute atomic E-state index is 11.7. The maximum atomic E-state index is 11.7. The first-order valence-electron chi connectivity index (χ1n) is 5.34. The quantitative estimate of drug-likeness (QED) is 0.750. The van der Waals surface area contributed by atoms with Crippen molar-refractivity contribution in [1.29, 1.82) is 0 Å². The number of nitrogens with zero attached hydrogens (tertiary/aromatic N) is 3. The Morgan fingerprint density at radius 3 is 2.63 bits per heavy atom. The molecule has 0 aliphatic rings. The van der Waals surface area contributed by atoms with Crippen LogP contribution in [0.15, 0.2) is 0 Å². The molecule has 0 aromatic carbocycles. The van der Waals surface area contributed by atoms with E-state index in [-0.39, 0.29) is 17.2 Å². The number of rotatable bonds is 4. The summed E-state index contributed by atoms with van der Waals surface area (Å²) in [5.41, 5.74) is 0.440. The molecule has 2 rings (SSSR count). The Balaban J connectivity index is 2.01. The predicted octanol–water partition coefficient (Wildman–Crippen LogP) is 0.506. The normalized spacial score (nSPS) is 10.4. The lowest BCUT2D eigenvalue weighted by Gasteiger charge is -1.98. The minimum absolute atomic E-state index is 0.0456. The minimum Gasteiger partial charge on any atom is -0.477 e. The van der Waals surface area contributed by atoms with Gasteiger partial charge in [-0.15, -0.1) is 16.4 Å². The minimum atomic E-state index is -1.02. The summed E-state index contributed by atoms with van der Waals surface area (Å²) in [6.07, 6.45) is 0. The van der Waals surface area contributed by atoms with Gasteiger partial charge in [-0.1, -0.05) is 0 Å². The highest BCUT2D eigenvalue weighted by molar-refractivity contribution is 7.13. The van der Waals surface area contributed by atoms with Gasteiger partial charge in [0.25, 0.3) is 5.91 Å². The molecule has 0 fully saturated rings. The van der Waals surface area contributed by atoms with Gasteiger partial charge in [-0.25, -0.2) is 14.8 Å². The molecule has 100 valence electrons. The van der Waals surface area contributed by atoms with Crippen LogP contribution in [0.25, 0.3) is 0 Å². The molecule has 2 aromatic rings. The first-order valence-corrected chi connectivity index (χ1v) is 6.16. The lowest BCUT2D eigenvalue weighted by Crippen LogP contribution is -2.24. The van der Waals surface area contributed by atoms with Crippen molar-refractivity contribution in [2.24, 2.45) is 0 Å². The van der Waals surface area contributed by atoms with Crippen molar-refractivity contribution in [3.05, 3.63) is 27.2 Å². The van der Waals surface area contributed by atoms with Crippen LogP contribution in [0.2, 0.25) is 0 Å². The van der Waals surface area contributed by atoms with Gasteiger partial charge >= 0.3 is 5.97 Å². The first kappa shape index (κ1) is 13.1. The molecule has 0 aliphatic heterocycles. The van der Waals surface area contributed by atoms with E-state index in [2.05, 4.69) is 25.5 Å². The van der Waals surface area contributed by atoms with E-state index in [1.165, 1.54) is 0 Å². The number of hydrogen-bond acceptors (Lipinski definition) is 6. The lowest BCUT2D eigenvalue weighted by atomic mass is 10.4. The van der Waals surface area contributed by atoms with Crippen molar-refractivity contribution in [1.82, 2.24) is 25.5 Å². The molecule has 0 saturated carbocycles. The lowest BCUT2D eigenvalue weighted by molar-refractivity contribution is 0.0701. The molecule has 2 aromatic heterocycles. The van der Waals surface area contributed by atoms with E-state index in [4.69, 9.17) is 5.11 Å². The fourth-order valence-electron chi connectivity index (χ4n) is 1.41. The third kappa shape index (κ3) is 2.94. The number of aryl methyl sites for hydroxylation is 2. The number of aromatic nitrogens is 4. The van der Waals surface area contributed by atoms with E-state index in [1.54, 1.807) is 13.8 Å². The smallest absolute Gasteiger partial charge is 0.347 e. The van der Waals surface area contributed by atoms with Crippen LogP contribution in [0.1, 0.15) is 36.8 Å². The predicted molar refractivity (Wildman–Crippen MR) is 66.1 cm³/mol. The number of H-pyrrole nitrogens is 1. The fraction of sp³-hybridized carbons (Fsp3) is 0.300. The standard InChI is InChI=1S/C10H11N5O3S/c1-4-7(10(17)18)19-6(12-4)3-11-9(16)8-13-5(2)14-15-8/h3H2,1-2H3,(H,11,16)(H,17,18)(H,13,14,15). The number of carbonyl (C=O) groups excluding carboxylic acids is 1. The van der Waals surface area contributed by atoms with Crippen molar-refractivity contribution in [2.75, 3.05) is 0 Å². The Morgan fingerprint density at radius 2 is 2.11 bits per heavy atom. The van der Waals surface area contributed by atoms with E-state index in [9.17, 15) is 9.59 Å². The second kappa shape index (κ2) is 5.14. The van der Waals surface area contributed by atoms with Crippen LogP contribution in [0.4, 0.5) is 0 Å². The Labute approximate surface area is 111 Å². The van der Waals surface area contributed by atoms with Crippen LogP contribution in [0, 0.1) is 13.8 Å². The summed E-state index contributed by atoms with van der Waals surface area (Å²) in [5, 5.41) is 18.3. The van der Waals surface area contributed by atoms with Gasteiger partial charge in [0.15, 0.2) is 0 Å². The van der Waals surface area contributed by atoms with E-state index in [0.717, 1.165) is 11.3 Å². The van der Waals surface area contributed by atoms with Crippen molar-refractivity contribution >= 4 is 23.2 Å². The van der Waals surface area contributed by atoms with Crippen molar-refractivity contribution in [2.45, 2.75) is 20.4 Å². The summed E-state index contributed by atoms with van der Waals surface area (Å²) >= 11 is 1.04. The molecule has 0 unspecified atom stereocenters. The van der Waals surface area contributed by atoms with Gasteiger partial charge in [0.1, 0.15) is 15.7 Å². The number of carbonyl (C=O) groups is 2. The molecule has 0 saturated heterocycles. The number of amides is 1. The maximum Gasteiger partial charge on any atom is 0.347 e. The molecule has 8 nitrogen and oxygen atoms in total. The summed E-state index contributed by atoms with van der Waals surface area (Å²) in [6.45, 7) is 3.45. The Bertz CT molecular complexity index is 633. The van der Waals surface area contributed by atoms with Gasteiger partial charge in [0.05, 0.1) is 12.2 Å². The van der Waals surface area contributed by atoms with Crippen LogP contribution in [-0.2, 0) is 6.54 Å². The zero-order chi connectivity index (χ0) is 14.0. The zero-order valence-electron chi connectivity index (χ0n) is 10.2. The monoisotopic (exact) mass is 281 g/mol. The van der Waals surface area contributed by atoms with Crippen LogP contribution in [0.5, 0.6) is 0 Å². The van der Waals surface area contributed by atoms with E-state index in [1.807, 2.05) is 0 Å². The highest BCUT2D eigenvalue weighted by atomic mass is 32.1.